The maximum atomic E-state index is 12.8. The van der Waals surface area contributed by atoms with Gasteiger partial charge in [-0.25, -0.2) is 4.79 Å². The van der Waals surface area contributed by atoms with Crippen LogP contribution < -0.4 is 14.5 Å². The van der Waals surface area contributed by atoms with E-state index in [4.69, 9.17) is 9.47 Å². The Labute approximate surface area is 228 Å². The largest absolute Gasteiger partial charge is 0.494 e. The lowest BCUT2D eigenvalue weighted by atomic mass is 10.0. The van der Waals surface area contributed by atoms with E-state index in [2.05, 4.69) is 12.0 Å². The van der Waals surface area contributed by atoms with E-state index in [1.165, 1.54) is 23.9 Å². The minimum atomic E-state index is -0.604. The van der Waals surface area contributed by atoms with Crippen molar-refractivity contribution in [2.45, 2.75) is 39.5 Å². The molecule has 1 heterocycles. The molecule has 0 saturated carbocycles. The Bertz CT molecular complexity index is 1350. The molecule has 3 aromatic carbocycles. The van der Waals surface area contributed by atoms with Gasteiger partial charge in [-0.3, -0.25) is 9.59 Å². The summed E-state index contributed by atoms with van der Waals surface area (Å²) in [5, 5.41) is 5.70. The SMILES string of the molecule is CCCCCCOc1ccc(C(=O)Oc2ccc(C(=O)/C=C/C3C(=O)N(c4ccccc4)N=C3C)cc2)cc1. The molecule has 0 spiro atoms. The zero-order valence-electron chi connectivity index (χ0n) is 22.2. The van der Waals surface area contributed by atoms with Crippen molar-refractivity contribution in [2.75, 3.05) is 11.6 Å². The van der Waals surface area contributed by atoms with Gasteiger partial charge in [0, 0.05) is 5.56 Å². The number of ether oxygens (including phenoxy) is 2. The van der Waals surface area contributed by atoms with Crippen LogP contribution in [0.25, 0.3) is 0 Å². The maximum absolute atomic E-state index is 12.8. The Morgan fingerprint density at radius 3 is 2.23 bits per heavy atom. The molecule has 0 aliphatic carbocycles. The second kappa shape index (κ2) is 13.3. The highest BCUT2D eigenvalue weighted by molar-refractivity contribution is 6.17. The van der Waals surface area contributed by atoms with Crippen LogP contribution in [-0.4, -0.2) is 30.0 Å². The number of hydrazone groups is 1. The van der Waals surface area contributed by atoms with Crippen molar-refractivity contribution >= 4 is 29.1 Å². The van der Waals surface area contributed by atoms with E-state index in [0.717, 1.165) is 12.8 Å². The molecule has 7 heteroatoms. The number of amides is 1. The number of esters is 1. The highest BCUT2D eigenvalue weighted by Crippen LogP contribution is 2.24. The van der Waals surface area contributed by atoms with E-state index >= 15 is 0 Å². The molecule has 1 unspecified atom stereocenters. The Kier molecular flexibility index (Phi) is 9.40. The molecule has 200 valence electrons. The second-order valence-corrected chi connectivity index (χ2v) is 9.28. The Morgan fingerprint density at radius 2 is 1.54 bits per heavy atom. The molecular weight excluding hydrogens is 492 g/mol. The highest BCUT2D eigenvalue weighted by atomic mass is 16.5. The molecule has 1 aliphatic rings. The van der Waals surface area contributed by atoms with Gasteiger partial charge in [0.2, 0.25) is 0 Å². The monoisotopic (exact) mass is 524 g/mol. The lowest BCUT2D eigenvalue weighted by Gasteiger charge is -2.12. The minimum absolute atomic E-state index is 0.212. The van der Waals surface area contributed by atoms with Crippen molar-refractivity contribution in [1.29, 1.82) is 0 Å². The van der Waals surface area contributed by atoms with Crippen LogP contribution in [0.3, 0.4) is 0 Å². The molecule has 3 aromatic rings. The number of rotatable bonds is 12. The van der Waals surface area contributed by atoms with Gasteiger partial charge in [0.15, 0.2) is 5.78 Å². The Balaban J connectivity index is 1.29. The summed E-state index contributed by atoms with van der Waals surface area (Å²) in [6.45, 7) is 4.58. The zero-order valence-corrected chi connectivity index (χ0v) is 22.2. The lowest BCUT2D eigenvalue weighted by Crippen LogP contribution is -2.25. The fraction of sp³-hybridized carbons (Fsp3) is 0.250. The third kappa shape index (κ3) is 7.29. The van der Waals surface area contributed by atoms with Crippen molar-refractivity contribution in [2.24, 2.45) is 11.0 Å². The number of hydrogen-bond donors (Lipinski definition) is 0. The number of allylic oxidation sites excluding steroid dienone is 1. The quantitative estimate of drug-likeness (QED) is 0.0871. The normalized spacial score (nSPS) is 14.9. The lowest BCUT2D eigenvalue weighted by molar-refractivity contribution is -0.118. The van der Waals surface area contributed by atoms with Crippen molar-refractivity contribution in [1.82, 2.24) is 0 Å². The van der Waals surface area contributed by atoms with Crippen LogP contribution >= 0.6 is 0 Å². The van der Waals surface area contributed by atoms with Crippen molar-refractivity contribution in [3.05, 3.63) is 102 Å². The summed E-state index contributed by atoms with van der Waals surface area (Å²) >= 11 is 0. The molecule has 1 aliphatic heterocycles. The van der Waals surface area contributed by atoms with Crippen molar-refractivity contribution in [3.63, 3.8) is 0 Å². The summed E-state index contributed by atoms with van der Waals surface area (Å²) in [6.07, 6.45) is 7.47. The maximum Gasteiger partial charge on any atom is 0.343 e. The van der Waals surface area contributed by atoms with Gasteiger partial charge in [-0.05, 0) is 80.1 Å². The van der Waals surface area contributed by atoms with E-state index in [9.17, 15) is 14.4 Å². The zero-order chi connectivity index (χ0) is 27.6. The molecule has 0 N–H and O–H groups in total. The molecule has 1 amide bonds. The van der Waals surface area contributed by atoms with Crippen LogP contribution in [0.15, 0.2) is 96.1 Å². The van der Waals surface area contributed by atoms with Gasteiger partial charge in [-0.2, -0.15) is 10.1 Å². The molecule has 0 radical (unpaired) electrons. The number of para-hydroxylation sites is 1. The highest BCUT2D eigenvalue weighted by Gasteiger charge is 2.32. The summed E-state index contributed by atoms with van der Waals surface area (Å²) in [7, 11) is 0. The molecule has 0 aromatic heterocycles. The van der Waals surface area contributed by atoms with Crippen LogP contribution in [0.4, 0.5) is 5.69 Å². The van der Waals surface area contributed by atoms with Gasteiger partial charge >= 0.3 is 5.97 Å². The summed E-state index contributed by atoms with van der Waals surface area (Å²) in [5.74, 6) is -0.543. The number of anilines is 1. The van der Waals surface area contributed by atoms with Gasteiger partial charge in [-0.1, -0.05) is 50.5 Å². The summed E-state index contributed by atoms with van der Waals surface area (Å²) in [6, 6.07) is 22.3. The molecule has 39 heavy (non-hydrogen) atoms. The molecule has 1 atom stereocenters. The van der Waals surface area contributed by atoms with E-state index in [-0.39, 0.29) is 11.7 Å². The number of carbonyl (C=O) groups excluding carboxylic acids is 3. The number of benzene rings is 3. The molecule has 7 nitrogen and oxygen atoms in total. The number of unbranched alkanes of at least 4 members (excludes halogenated alkanes) is 3. The Morgan fingerprint density at radius 1 is 0.872 bits per heavy atom. The standard InChI is InChI=1S/C32H32N2O5/c1-3-4-5-9-22-38-27-16-14-25(15-17-27)32(37)39-28-18-12-24(13-19-28)30(35)21-20-29-23(2)33-34(31(29)36)26-10-7-6-8-11-26/h6-8,10-21,29H,3-5,9,22H2,1-2H3/b21-20+. The summed E-state index contributed by atoms with van der Waals surface area (Å²) < 4.78 is 11.2. The first kappa shape index (κ1) is 27.5. The minimum Gasteiger partial charge on any atom is -0.494 e. The van der Waals surface area contributed by atoms with E-state index in [1.807, 2.05) is 18.2 Å². The predicted molar refractivity (Wildman–Crippen MR) is 151 cm³/mol. The van der Waals surface area contributed by atoms with Crippen LogP contribution in [0.2, 0.25) is 0 Å². The van der Waals surface area contributed by atoms with Crippen LogP contribution in [0.1, 0.15) is 60.2 Å². The van der Waals surface area contributed by atoms with Crippen molar-refractivity contribution < 1.29 is 23.9 Å². The van der Waals surface area contributed by atoms with Gasteiger partial charge in [0.05, 0.1) is 29.5 Å². The smallest absolute Gasteiger partial charge is 0.343 e. The average molecular weight is 525 g/mol. The topological polar surface area (TPSA) is 85.3 Å². The molecule has 0 fully saturated rings. The number of ketones is 1. The molecule has 4 rings (SSSR count). The van der Waals surface area contributed by atoms with Crippen LogP contribution in [0.5, 0.6) is 11.5 Å². The Hall–Kier alpha value is -4.52. The van der Waals surface area contributed by atoms with Gasteiger partial charge in [-0.15, -0.1) is 0 Å². The van der Waals surface area contributed by atoms with E-state index < -0.39 is 11.9 Å². The first-order chi connectivity index (χ1) is 19.0. The third-order valence-corrected chi connectivity index (χ3v) is 6.33. The van der Waals surface area contributed by atoms with E-state index in [1.54, 1.807) is 73.7 Å². The van der Waals surface area contributed by atoms with E-state index in [0.29, 0.717) is 40.6 Å². The fourth-order valence-electron chi connectivity index (χ4n) is 4.09. The second-order valence-electron chi connectivity index (χ2n) is 9.28. The summed E-state index contributed by atoms with van der Waals surface area (Å²) in [4.78, 5) is 38.1. The first-order valence-corrected chi connectivity index (χ1v) is 13.2. The fourth-order valence-corrected chi connectivity index (χ4v) is 4.09. The third-order valence-electron chi connectivity index (χ3n) is 6.33. The van der Waals surface area contributed by atoms with Crippen LogP contribution in [0, 0.1) is 5.92 Å². The van der Waals surface area contributed by atoms with Gasteiger partial charge in [0.25, 0.3) is 5.91 Å². The molecule has 0 saturated heterocycles. The van der Waals surface area contributed by atoms with Crippen LogP contribution in [-0.2, 0) is 4.79 Å². The number of nitrogens with zero attached hydrogens (tertiary/aromatic N) is 2. The van der Waals surface area contributed by atoms with Gasteiger partial charge in [0.1, 0.15) is 11.5 Å². The first-order valence-electron chi connectivity index (χ1n) is 13.2. The molecular formula is C32H32N2O5. The number of hydrogen-bond acceptors (Lipinski definition) is 6. The number of carbonyl (C=O) groups is 3. The molecule has 0 bridgehead atoms. The van der Waals surface area contributed by atoms with Gasteiger partial charge < -0.3 is 9.47 Å². The average Bonchev–Trinajstić information content (AvgIpc) is 3.25. The van der Waals surface area contributed by atoms with Crippen molar-refractivity contribution in [3.8, 4) is 11.5 Å². The summed E-state index contributed by atoms with van der Waals surface area (Å²) in [5.41, 5.74) is 2.10. The predicted octanol–water partition coefficient (Wildman–Crippen LogP) is 6.64.